The molecule has 5 rings (SSSR count). The number of imidazole rings is 1. The average Bonchev–Trinajstić information content (AvgIpc) is 3.35. The average molecular weight is 490 g/mol. The maximum atomic E-state index is 4.93. The van der Waals surface area contributed by atoms with Gasteiger partial charge in [-0.3, -0.25) is 0 Å². The quantitative estimate of drug-likeness (QED) is 0.303. The van der Waals surface area contributed by atoms with E-state index in [1.54, 1.807) is 11.3 Å². The van der Waals surface area contributed by atoms with Gasteiger partial charge in [0.1, 0.15) is 10.7 Å². The molecule has 5 nitrogen and oxygen atoms in total. The fourth-order valence-corrected chi connectivity index (χ4v) is 4.52. The van der Waals surface area contributed by atoms with Gasteiger partial charge in [0.25, 0.3) is 0 Å². The molecule has 0 aliphatic carbocycles. The highest BCUT2D eigenvalue weighted by Crippen LogP contribution is 2.29. The first-order valence-electron chi connectivity index (χ1n) is 9.95. The summed E-state index contributed by atoms with van der Waals surface area (Å²) in [5.41, 5.74) is 7.57. The highest BCUT2D eigenvalue weighted by atomic mass is 79.9. The lowest BCUT2D eigenvalue weighted by Crippen LogP contribution is -1.97. The van der Waals surface area contributed by atoms with Gasteiger partial charge in [-0.1, -0.05) is 63.2 Å². The second-order valence-electron chi connectivity index (χ2n) is 7.52. The van der Waals surface area contributed by atoms with Crippen molar-refractivity contribution in [1.82, 2.24) is 19.6 Å². The molecule has 31 heavy (non-hydrogen) atoms. The predicted octanol–water partition coefficient (Wildman–Crippen LogP) is 6.57. The van der Waals surface area contributed by atoms with Gasteiger partial charge in [0.2, 0.25) is 5.13 Å². The number of anilines is 2. The van der Waals surface area contributed by atoms with E-state index in [-0.39, 0.29) is 0 Å². The molecule has 0 fully saturated rings. The number of nitrogens with one attached hydrogen (secondary N) is 1. The third-order valence-corrected chi connectivity index (χ3v) is 6.44. The van der Waals surface area contributed by atoms with Gasteiger partial charge in [-0.05, 0) is 49.7 Å². The van der Waals surface area contributed by atoms with E-state index in [1.807, 2.05) is 24.3 Å². The van der Waals surface area contributed by atoms with E-state index in [9.17, 15) is 0 Å². The van der Waals surface area contributed by atoms with Crippen molar-refractivity contribution in [2.45, 2.75) is 20.3 Å². The molecule has 1 N–H and O–H groups in total. The number of nitrogens with zero attached hydrogens (tertiary/aromatic N) is 4. The van der Waals surface area contributed by atoms with E-state index in [1.165, 1.54) is 11.1 Å². The van der Waals surface area contributed by atoms with Crippen LogP contribution in [0.5, 0.6) is 0 Å². The maximum Gasteiger partial charge on any atom is 0.210 e. The Kier molecular flexibility index (Phi) is 5.29. The molecule has 0 aliphatic heterocycles. The van der Waals surface area contributed by atoms with Crippen LogP contribution in [0.2, 0.25) is 0 Å². The summed E-state index contributed by atoms with van der Waals surface area (Å²) in [4.78, 5) is 4.93. The van der Waals surface area contributed by atoms with Crippen LogP contribution in [0.15, 0.2) is 71.3 Å². The summed E-state index contributed by atoms with van der Waals surface area (Å²) < 4.78 is 3.22. The van der Waals surface area contributed by atoms with Gasteiger partial charge in [-0.25, -0.2) is 4.98 Å². The first-order chi connectivity index (χ1) is 15.0. The molecule has 154 valence electrons. The van der Waals surface area contributed by atoms with Crippen LogP contribution in [0.25, 0.3) is 16.9 Å². The molecule has 0 amide bonds. The SMILES string of the molecule is Cc1ccc(-c2nc3ccc(C)cn3c2Cc2nnc(Nc3ccc(Br)cc3)s2)cc1. The zero-order chi connectivity index (χ0) is 21.4. The minimum atomic E-state index is 0.660. The Morgan fingerprint density at radius 3 is 2.42 bits per heavy atom. The van der Waals surface area contributed by atoms with Gasteiger partial charge in [-0.2, -0.15) is 0 Å². The number of benzene rings is 2. The number of fused-ring (bicyclic) bond motifs is 1. The smallest absolute Gasteiger partial charge is 0.210 e. The summed E-state index contributed by atoms with van der Waals surface area (Å²) in [6, 6.07) is 20.7. The number of halogens is 1. The molecule has 3 heterocycles. The molecule has 0 unspecified atom stereocenters. The van der Waals surface area contributed by atoms with E-state index < -0.39 is 0 Å². The first kappa shape index (κ1) is 19.9. The Labute approximate surface area is 193 Å². The number of pyridine rings is 1. The highest BCUT2D eigenvalue weighted by Gasteiger charge is 2.17. The molecule has 2 aromatic carbocycles. The second kappa shape index (κ2) is 8.24. The Balaban J connectivity index is 1.50. The Bertz CT molecular complexity index is 1350. The second-order valence-corrected chi connectivity index (χ2v) is 9.50. The predicted molar refractivity (Wildman–Crippen MR) is 130 cm³/mol. The number of rotatable bonds is 5. The van der Waals surface area contributed by atoms with Crippen LogP contribution < -0.4 is 5.32 Å². The van der Waals surface area contributed by atoms with Crippen LogP contribution in [0.1, 0.15) is 21.8 Å². The van der Waals surface area contributed by atoms with E-state index in [4.69, 9.17) is 4.98 Å². The van der Waals surface area contributed by atoms with Gasteiger partial charge < -0.3 is 9.72 Å². The van der Waals surface area contributed by atoms with Gasteiger partial charge >= 0.3 is 0 Å². The van der Waals surface area contributed by atoms with Crippen molar-refractivity contribution in [3.8, 4) is 11.3 Å². The molecule has 0 bridgehead atoms. The maximum absolute atomic E-state index is 4.93. The van der Waals surface area contributed by atoms with Crippen LogP contribution in [0, 0.1) is 13.8 Å². The molecule has 0 aliphatic rings. The van der Waals surface area contributed by atoms with Crippen molar-refractivity contribution in [2.24, 2.45) is 0 Å². The van der Waals surface area contributed by atoms with Crippen LogP contribution in [0.3, 0.4) is 0 Å². The summed E-state index contributed by atoms with van der Waals surface area (Å²) in [6.07, 6.45) is 2.80. The molecule has 7 heteroatoms. The number of aromatic nitrogens is 4. The molecule has 0 atom stereocenters. The fourth-order valence-electron chi connectivity index (χ4n) is 3.49. The lowest BCUT2D eigenvalue weighted by molar-refractivity contribution is 0.959. The van der Waals surface area contributed by atoms with Gasteiger partial charge in [-0.15, -0.1) is 10.2 Å². The van der Waals surface area contributed by atoms with Crippen LogP contribution in [-0.2, 0) is 6.42 Å². The molecule has 0 radical (unpaired) electrons. The standard InChI is InChI=1S/C24H20BrN5S/c1-15-3-6-17(7-4-15)23-20(30-14-16(2)5-12-21(30)27-23)13-22-28-29-24(31-22)26-19-10-8-18(25)9-11-19/h3-12,14H,13H2,1-2H3,(H,26,29). The normalized spacial score (nSPS) is 11.2. The molecule has 0 saturated carbocycles. The van der Waals surface area contributed by atoms with Crippen molar-refractivity contribution >= 4 is 43.7 Å². The summed E-state index contributed by atoms with van der Waals surface area (Å²) >= 11 is 5.02. The summed E-state index contributed by atoms with van der Waals surface area (Å²) in [5, 5.41) is 13.8. The van der Waals surface area contributed by atoms with E-state index in [0.29, 0.717) is 6.42 Å². The zero-order valence-corrected chi connectivity index (χ0v) is 19.5. The van der Waals surface area contributed by atoms with E-state index >= 15 is 0 Å². The summed E-state index contributed by atoms with van der Waals surface area (Å²) in [5.74, 6) is 0. The van der Waals surface area contributed by atoms with Crippen LogP contribution in [0.4, 0.5) is 10.8 Å². The number of hydrogen-bond acceptors (Lipinski definition) is 5. The van der Waals surface area contributed by atoms with Crippen molar-refractivity contribution in [2.75, 3.05) is 5.32 Å². The Hall–Kier alpha value is -3.03. The lowest BCUT2D eigenvalue weighted by Gasteiger charge is -2.05. The van der Waals surface area contributed by atoms with E-state index in [2.05, 4.69) is 92.3 Å². The minimum absolute atomic E-state index is 0.660. The summed E-state index contributed by atoms with van der Waals surface area (Å²) in [7, 11) is 0. The third kappa shape index (κ3) is 4.24. The van der Waals surface area contributed by atoms with Gasteiger partial charge in [0, 0.05) is 28.3 Å². The van der Waals surface area contributed by atoms with Crippen LogP contribution >= 0.6 is 27.3 Å². The lowest BCUT2D eigenvalue weighted by atomic mass is 10.1. The minimum Gasteiger partial charge on any atom is -0.330 e. The number of aryl methyl sites for hydroxylation is 2. The van der Waals surface area contributed by atoms with Crippen molar-refractivity contribution in [3.05, 3.63) is 93.2 Å². The van der Waals surface area contributed by atoms with Crippen molar-refractivity contribution < 1.29 is 0 Å². The largest absolute Gasteiger partial charge is 0.330 e. The zero-order valence-electron chi connectivity index (χ0n) is 17.1. The summed E-state index contributed by atoms with van der Waals surface area (Å²) in [6.45, 7) is 4.19. The highest BCUT2D eigenvalue weighted by molar-refractivity contribution is 9.10. The van der Waals surface area contributed by atoms with Gasteiger partial charge in [0.05, 0.1) is 11.4 Å². The Morgan fingerprint density at radius 1 is 0.903 bits per heavy atom. The molecular formula is C24H20BrN5S. The Morgan fingerprint density at radius 2 is 1.65 bits per heavy atom. The molecule has 5 aromatic rings. The molecule has 0 spiro atoms. The van der Waals surface area contributed by atoms with Crippen molar-refractivity contribution in [3.63, 3.8) is 0 Å². The topological polar surface area (TPSA) is 55.1 Å². The molecule has 3 aromatic heterocycles. The van der Waals surface area contributed by atoms with Crippen molar-refractivity contribution in [1.29, 1.82) is 0 Å². The molecule has 0 saturated heterocycles. The molecular weight excluding hydrogens is 470 g/mol. The van der Waals surface area contributed by atoms with E-state index in [0.717, 1.165) is 42.9 Å². The first-order valence-corrected chi connectivity index (χ1v) is 11.6. The third-order valence-electron chi connectivity index (χ3n) is 5.07. The van der Waals surface area contributed by atoms with Gasteiger partial charge in [0.15, 0.2) is 0 Å². The monoisotopic (exact) mass is 489 g/mol. The fraction of sp³-hybridized carbons (Fsp3) is 0.125. The number of hydrogen-bond donors (Lipinski definition) is 1. The van der Waals surface area contributed by atoms with Crippen LogP contribution in [-0.4, -0.2) is 19.6 Å².